The molecule has 1 radical (unpaired) electrons. The molecular formula is C34H68CuN2S4. The molecule has 0 fully saturated rings. The number of hydrogen-bond donors (Lipinski definition) is 0. The SMILES string of the molecule is CCCCCCCCN(CCCCCCCC)C(=S)[S-].CCCCCCCCN(CCCCCCCC)C(=S)[S-].[Cu+2]. The second-order valence-corrected chi connectivity index (χ2v) is 13.6. The third kappa shape index (κ3) is 36.8. The Labute approximate surface area is 291 Å². The number of hydrogen-bond acceptors (Lipinski definition) is 4. The van der Waals surface area contributed by atoms with Gasteiger partial charge in [0.05, 0.1) is 0 Å². The van der Waals surface area contributed by atoms with Gasteiger partial charge in [0.2, 0.25) is 0 Å². The molecule has 0 aliphatic heterocycles. The van der Waals surface area contributed by atoms with Crippen LogP contribution in [0.15, 0.2) is 0 Å². The molecule has 0 saturated heterocycles. The van der Waals surface area contributed by atoms with Crippen molar-refractivity contribution >= 4 is 58.3 Å². The molecule has 0 aromatic rings. The van der Waals surface area contributed by atoms with E-state index in [2.05, 4.69) is 37.5 Å². The number of rotatable bonds is 28. The summed E-state index contributed by atoms with van der Waals surface area (Å²) in [5.41, 5.74) is 0. The first-order chi connectivity index (χ1) is 19.4. The molecule has 0 N–H and O–H groups in total. The van der Waals surface area contributed by atoms with Crippen molar-refractivity contribution in [3.05, 3.63) is 0 Å². The van der Waals surface area contributed by atoms with Gasteiger partial charge in [-0.3, -0.25) is 0 Å². The molecule has 0 heterocycles. The Morgan fingerprint density at radius 2 is 0.537 bits per heavy atom. The average Bonchev–Trinajstić information content (AvgIpc) is 2.93. The van der Waals surface area contributed by atoms with Gasteiger partial charge in [0.15, 0.2) is 0 Å². The van der Waals surface area contributed by atoms with Crippen LogP contribution < -0.4 is 0 Å². The van der Waals surface area contributed by atoms with E-state index in [9.17, 15) is 0 Å². The van der Waals surface area contributed by atoms with Crippen molar-refractivity contribution < 1.29 is 17.1 Å². The van der Waals surface area contributed by atoms with Crippen LogP contribution in [0.3, 0.4) is 0 Å². The van der Waals surface area contributed by atoms with Gasteiger partial charge < -0.3 is 59.5 Å². The molecule has 0 unspecified atom stereocenters. The largest absolute Gasteiger partial charge is 2.00 e. The quantitative estimate of drug-likeness (QED) is 0.0345. The molecule has 0 saturated carbocycles. The normalized spacial score (nSPS) is 10.4. The summed E-state index contributed by atoms with van der Waals surface area (Å²) in [4.78, 5) is 4.48. The molecule has 7 heteroatoms. The summed E-state index contributed by atoms with van der Waals surface area (Å²) in [6, 6.07) is 0. The van der Waals surface area contributed by atoms with Crippen molar-refractivity contribution in [1.82, 2.24) is 9.80 Å². The Balaban J connectivity index is -0.000000688. The summed E-state index contributed by atoms with van der Waals surface area (Å²) in [7, 11) is 0. The Bertz CT molecular complexity index is 459. The summed E-state index contributed by atoms with van der Waals surface area (Å²) in [6.45, 7) is 13.3. The molecule has 249 valence electrons. The van der Waals surface area contributed by atoms with E-state index in [1.165, 1.54) is 154 Å². The second-order valence-electron chi connectivity index (χ2n) is 11.6. The van der Waals surface area contributed by atoms with Crippen molar-refractivity contribution in [3.8, 4) is 0 Å². The maximum absolute atomic E-state index is 5.20. The van der Waals surface area contributed by atoms with Crippen molar-refractivity contribution in [2.75, 3.05) is 26.2 Å². The first kappa shape index (κ1) is 46.2. The van der Waals surface area contributed by atoms with E-state index in [1.54, 1.807) is 0 Å². The minimum Gasteiger partial charge on any atom is -0.411 e. The van der Waals surface area contributed by atoms with Gasteiger partial charge in [-0.15, -0.1) is 0 Å². The van der Waals surface area contributed by atoms with E-state index in [1.807, 2.05) is 0 Å². The third-order valence-electron chi connectivity index (χ3n) is 7.64. The maximum Gasteiger partial charge on any atom is 2.00 e. The van der Waals surface area contributed by atoms with Gasteiger partial charge in [-0.25, -0.2) is 0 Å². The van der Waals surface area contributed by atoms with Gasteiger partial charge in [0.1, 0.15) is 0 Å². The summed E-state index contributed by atoms with van der Waals surface area (Å²) in [5.74, 6) is 0. The van der Waals surface area contributed by atoms with E-state index >= 15 is 0 Å². The fraction of sp³-hybridized carbons (Fsp3) is 0.941. The zero-order valence-electron chi connectivity index (χ0n) is 27.6. The zero-order chi connectivity index (χ0) is 30.1. The standard InChI is InChI=1S/2C17H35NS2.Cu/c2*1-3-5-7-9-11-13-15-18(17(19)20)16-14-12-10-8-6-4-2;/h2*3-16H2,1-2H3,(H,19,20);/q;;+2/p-2. The molecule has 0 rings (SSSR count). The molecule has 0 amide bonds. The van der Waals surface area contributed by atoms with Gasteiger partial charge in [0, 0.05) is 26.2 Å². The first-order valence-electron chi connectivity index (χ1n) is 17.4. The summed E-state index contributed by atoms with van der Waals surface area (Å²) in [5, 5.41) is 0. The smallest absolute Gasteiger partial charge is 0.411 e. The molecule has 0 spiro atoms. The minimum atomic E-state index is 0. The van der Waals surface area contributed by atoms with Crippen LogP contribution in [0.5, 0.6) is 0 Å². The summed E-state index contributed by atoms with van der Waals surface area (Å²) >= 11 is 20.8. The van der Waals surface area contributed by atoms with Crippen molar-refractivity contribution in [1.29, 1.82) is 0 Å². The molecule has 41 heavy (non-hydrogen) atoms. The van der Waals surface area contributed by atoms with E-state index in [-0.39, 0.29) is 17.1 Å². The molecule has 0 bridgehead atoms. The van der Waals surface area contributed by atoms with Gasteiger partial charge in [0.25, 0.3) is 0 Å². The van der Waals surface area contributed by atoms with Crippen LogP contribution in [-0.4, -0.2) is 44.6 Å². The first-order valence-corrected chi connectivity index (χ1v) is 19.0. The van der Waals surface area contributed by atoms with Crippen LogP contribution in [0.2, 0.25) is 0 Å². The van der Waals surface area contributed by atoms with Crippen LogP contribution in [0.25, 0.3) is 0 Å². The Kier molecular flexibility index (Phi) is 43.6. The molecule has 2 nitrogen and oxygen atoms in total. The predicted octanol–water partition coefficient (Wildman–Crippen LogP) is 11.7. The van der Waals surface area contributed by atoms with E-state index in [0.717, 1.165) is 26.2 Å². The molecular weight excluding hydrogens is 628 g/mol. The minimum absolute atomic E-state index is 0. The summed E-state index contributed by atoms with van der Waals surface area (Å²) in [6.07, 6.45) is 32.0. The Morgan fingerprint density at radius 1 is 0.366 bits per heavy atom. The van der Waals surface area contributed by atoms with Gasteiger partial charge >= 0.3 is 17.1 Å². The predicted molar refractivity (Wildman–Crippen MR) is 197 cm³/mol. The monoisotopic (exact) mass is 695 g/mol. The number of nitrogens with zero attached hydrogens (tertiary/aromatic N) is 2. The van der Waals surface area contributed by atoms with Gasteiger partial charge in [-0.2, -0.15) is 0 Å². The van der Waals surface area contributed by atoms with E-state index in [0.29, 0.717) is 8.64 Å². The van der Waals surface area contributed by atoms with E-state index in [4.69, 9.17) is 49.7 Å². The molecule has 0 aliphatic rings. The maximum atomic E-state index is 5.20. The zero-order valence-corrected chi connectivity index (χ0v) is 31.8. The average molecular weight is 697 g/mol. The summed E-state index contributed by atoms with van der Waals surface area (Å²) < 4.78 is 1.35. The Hall–Kier alpha value is 0.739. The fourth-order valence-electron chi connectivity index (χ4n) is 4.92. The van der Waals surface area contributed by atoms with Crippen molar-refractivity contribution in [2.45, 2.75) is 182 Å². The Morgan fingerprint density at radius 3 is 0.707 bits per heavy atom. The second kappa shape index (κ2) is 38.8. The van der Waals surface area contributed by atoms with Crippen LogP contribution in [0.4, 0.5) is 0 Å². The molecule has 0 aromatic carbocycles. The molecule has 0 atom stereocenters. The fourth-order valence-corrected chi connectivity index (χ4v) is 5.65. The van der Waals surface area contributed by atoms with Crippen LogP contribution in [-0.2, 0) is 42.3 Å². The van der Waals surface area contributed by atoms with Crippen LogP contribution in [0.1, 0.15) is 182 Å². The molecule has 0 aliphatic carbocycles. The van der Waals surface area contributed by atoms with Crippen LogP contribution >= 0.6 is 24.4 Å². The topological polar surface area (TPSA) is 6.48 Å². The van der Waals surface area contributed by atoms with E-state index < -0.39 is 0 Å². The van der Waals surface area contributed by atoms with Crippen LogP contribution in [0, 0.1) is 0 Å². The van der Waals surface area contributed by atoms with Crippen molar-refractivity contribution in [2.24, 2.45) is 0 Å². The van der Waals surface area contributed by atoms with Gasteiger partial charge in [-0.05, 0) is 25.7 Å². The van der Waals surface area contributed by atoms with Crippen molar-refractivity contribution in [3.63, 3.8) is 0 Å². The number of unbranched alkanes of at least 4 members (excludes halogenated alkanes) is 20. The third-order valence-corrected chi connectivity index (χ3v) is 8.68. The molecule has 0 aromatic heterocycles. The number of thiocarbonyl (C=S) groups is 2. The van der Waals surface area contributed by atoms with Gasteiger partial charge in [-0.1, -0.05) is 165 Å².